The summed E-state index contributed by atoms with van der Waals surface area (Å²) >= 11 is 0. The second-order valence-electron chi connectivity index (χ2n) is 11.0. The molecule has 0 N–H and O–H groups in total. The Morgan fingerprint density at radius 3 is 2.31 bits per heavy atom. The molecule has 2 saturated carbocycles. The molecule has 2 fully saturated rings. The van der Waals surface area contributed by atoms with E-state index in [0.717, 1.165) is 36.9 Å². The highest BCUT2D eigenvalue weighted by Crippen LogP contribution is 2.49. The summed E-state index contributed by atoms with van der Waals surface area (Å²) in [4.78, 5) is 28.7. The molecule has 6 heteroatoms. The molecule has 3 aromatic carbocycles. The summed E-state index contributed by atoms with van der Waals surface area (Å²) in [6.45, 7) is -0.0203. The summed E-state index contributed by atoms with van der Waals surface area (Å²) < 4.78 is 39.5. The van der Waals surface area contributed by atoms with Crippen LogP contribution in [0.2, 0.25) is 0 Å². The number of halogens is 2. The van der Waals surface area contributed by atoms with E-state index < -0.39 is 18.2 Å². The van der Waals surface area contributed by atoms with Crippen molar-refractivity contribution in [2.75, 3.05) is 23.9 Å². The SMILES string of the molecule is [2H][C@@H](c1ccc(-c2ccc(N(C)C)cc2)cc1F)N(C(=O)[C@@H]1C[C@@H]2CC[C@H]1C2)c1cc(F)cc(/C=C/C(C)=O)c1. The van der Waals surface area contributed by atoms with E-state index in [1.165, 1.54) is 42.2 Å². The first-order valence-corrected chi connectivity index (χ1v) is 13.4. The van der Waals surface area contributed by atoms with Gasteiger partial charge >= 0.3 is 0 Å². The molecule has 4 atom stereocenters. The maximum atomic E-state index is 15.6. The van der Waals surface area contributed by atoms with Crippen LogP contribution in [0.3, 0.4) is 0 Å². The molecule has 4 nitrogen and oxygen atoms in total. The standard InChI is InChI=1S/C33H34F2N2O2/c1-21(38)4-5-23-15-28(34)19-30(16-23)37(33(39)31-17-22-6-7-26(31)14-22)20-27-9-8-25(18-32(27)35)24-10-12-29(13-11-24)36(2)3/h4-5,8-13,15-16,18-19,22,26,31H,6-7,14,17,20H2,1-3H3/b5-4+/t22-,26+,31-/m1/s1/i20D/t20-,22+,26-,31+/m0. The fourth-order valence-electron chi connectivity index (χ4n) is 5.94. The zero-order valence-corrected chi connectivity index (χ0v) is 22.5. The number of allylic oxidation sites excluding steroid dienone is 1. The molecule has 0 radical (unpaired) electrons. The molecule has 3 aromatic rings. The molecule has 0 aliphatic heterocycles. The summed E-state index contributed by atoms with van der Waals surface area (Å²) in [6, 6.07) is 16.4. The summed E-state index contributed by atoms with van der Waals surface area (Å²) in [5.74, 6) is -1.23. The number of nitrogens with zero attached hydrogens (tertiary/aromatic N) is 2. The van der Waals surface area contributed by atoms with Gasteiger partial charge in [-0.2, -0.15) is 0 Å². The number of benzene rings is 3. The van der Waals surface area contributed by atoms with Crippen molar-refractivity contribution in [1.82, 2.24) is 0 Å². The molecule has 0 unspecified atom stereocenters. The molecule has 2 aliphatic carbocycles. The minimum absolute atomic E-state index is 0.0373. The third-order valence-corrected chi connectivity index (χ3v) is 7.97. The van der Waals surface area contributed by atoms with Crippen LogP contribution in [0, 0.1) is 29.4 Å². The lowest BCUT2D eigenvalue weighted by molar-refractivity contribution is -0.124. The van der Waals surface area contributed by atoms with Gasteiger partial charge in [-0.3, -0.25) is 9.59 Å². The average molecular weight is 530 g/mol. The first-order valence-electron chi connectivity index (χ1n) is 14.0. The van der Waals surface area contributed by atoms with Crippen LogP contribution in [-0.2, 0) is 16.1 Å². The van der Waals surface area contributed by atoms with E-state index in [2.05, 4.69) is 0 Å². The molecule has 1 amide bonds. The zero-order valence-electron chi connectivity index (χ0n) is 23.5. The van der Waals surface area contributed by atoms with Gasteiger partial charge in [-0.15, -0.1) is 0 Å². The minimum atomic E-state index is -1.41. The van der Waals surface area contributed by atoms with Gasteiger partial charge in [0.1, 0.15) is 11.6 Å². The largest absolute Gasteiger partial charge is 0.378 e. The molecule has 0 aromatic heterocycles. The Morgan fingerprint density at radius 2 is 1.69 bits per heavy atom. The van der Waals surface area contributed by atoms with E-state index in [9.17, 15) is 14.0 Å². The molecule has 202 valence electrons. The number of carbonyl (C=O) groups excluding carboxylic acids is 2. The van der Waals surface area contributed by atoms with E-state index in [1.54, 1.807) is 18.2 Å². The third kappa shape index (κ3) is 5.95. The first-order chi connectivity index (χ1) is 19.1. The Balaban J connectivity index is 1.51. The highest BCUT2D eigenvalue weighted by molar-refractivity contribution is 5.96. The van der Waals surface area contributed by atoms with Crippen molar-refractivity contribution in [2.24, 2.45) is 17.8 Å². The second-order valence-corrected chi connectivity index (χ2v) is 11.0. The molecule has 0 saturated heterocycles. The minimum Gasteiger partial charge on any atom is -0.378 e. The van der Waals surface area contributed by atoms with Gasteiger partial charge in [0.25, 0.3) is 0 Å². The van der Waals surface area contributed by atoms with Crippen LogP contribution in [0.15, 0.2) is 66.7 Å². The van der Waals surface area contributed by atoms with Crippen molar-refractivity contribution < 1.29 is 19.7 Å². The van der Waals surface area contributed by atoms with Crippen molar-refractivity contribution in [3.05, 3.63) is 89.5 Å². The van der Waals surface area contributed by atoms with Gasteiger partial charge < -0.3 is 9.80 Å². The molecule has 39 heavy (non-hydrogen) atoms. The van der Waals surface area contributed by atoms with Gasteiger partial charge in [0.15, 0.2) is 5.78 Å². The summed E-state index contributed by atoms with van der Waals surface area (Å²) in [6.07, 6.45) is 6.59. The highest BCUT2D eigenvalue weighted by atomic mass is 19.1. The van der Waals surface area contributed by atoms with E-state index >= 15 is 4.39 Å². The van der Waals surface area contributed by atoms with Crippen molar-refractivity contribution >= 4 is 29.1 Å². The van der Waals surface area contributed by atoms with Crippen molar-refractivity contribution in [3.8, 4) is 11.1 Å². The molecular formula is C33H34F2N2O2. The Bertz CT molecular complexity index is 1450. The fourth-order valence-corrected chi connectivity index (χ4v) is 5.94. The number of ketones is 1. The van der Waals surface area contributed by atoms with Crippen LogP contribution in [0.25, 0.3) is 17.2 Å². The highest BCUT2D eigenvalue weighted by Gasteiger charge is 2.44. The molecular weight excluding hydrogens is 494 g/mol. The maximum absolute atomic E-state index is 15.6. The van der Waals surface area contributed by atoms with E-state index in [4.69, 9.17) is 1.37 Å². The van der Waals surface area contributed by atoms with Crippen molar-refractivity contribution in [2.45, 2.75) is 39.1 Å². The Hall–Kier alpha value is -3.80. The maximum Gasteiger partial charge on any atom is 0.230 e. The predicted molar refractivity (Wildman–Crippen MR) is 152 cm³/mol. The van der Waals surface area contributed by atoms with Gasteiger partial charge in [0.2, 0.25) is 5.91 Å². The lowest BCUT2D eigenvalue weighted by Crippen LogP contribution is -2.38. The second kappa shape index (κ2) is 11.1. The van der Waals surface area contributed by atoms with Gasteiger partial charge in [-0.25, -0.2) is 8.78 Å². The normalized spacial score (nSPS) is 21.2. The fraction of sp³-hybridized carbons (Fsp3) is 0.333. The van der Waals surface area contributed by atoms with Crippen LogP contribution in [0.1, 0.15) is 45.1 Å². The lowest BCUT2D eigenvalue weighted by atomic mass is 9.87. The molecule has 0 heterocycles. The molecule has 5 rings (SSSR count). The lowest BCUT2D eigenvalue weighted by Gasteiger charge is -2.30. The van der Waals surface area contributed by atoms with Crippen LogP contribution < -0.4 is 9.80 Å². The Labute approximate surface area is 230 Å². The van der Waals surface area contributed by atoms with Gasteiger partial charge in [0.05, 0.1) is 7.89 Å². The number of fused-ring (bicyclic) bond motifs is 2. The van der Waals surface area contributed by atoms with E-state index in [-0.39, 0.29) is 34.8 Å². The quantitative estimate of drug-likeness (QED) is 0.288. The predicted octanol–water partition coefficient (Wildman–Crippen LogP) is 7.27. The molecule has 0 spiro atoms. The summed E-state index contributed by atoms with van der Waals surface area (Å²) in [5.41, 5.74) is 3.12. The van der Waals surface area contributed by atoms with Crippen molar-refractivity contribution in [3.63, 3.8) is 0 Å². The van der Waals surface area contributed by atoms with E-state index in [0.29, 0.717) is 17.0 Å². The smallest absolute Gasteiger partial charge is 0.230 e. The van der Waals surface area contributed by atoms with Crippen LogP contribution in [-0.4, -0.2) is 25.8 Å². The average Bonchev–Trinajstić information content (AvgIpc) is 3.56. The number of amides is 1. The summed E-state index contributed by atoms with van der Waals surface area (Å²) in [5, 5.41) is 0. The van der Waals surface area contributed by atoms with Gasteiger partial charge in [-0.05, 0) is 97.2 Å². The Morgan fingerprint density at radius 1 is 0.949 bits per heavy atom. The molecule has 2 bridgehead atoms. The number of anilines is 2. The van der Waals surface area contributed by atoms with Crippen LogP contribution >= 0.6 is 0 Å². The Kier molecular flexibility index (Phi) is 7.27. The van der Waals surface area contributed by atoms with Crippen LogP contribution in [0.5, 0.6) is 0 Å². The van der Waals surface area contributed by atoms with Crippen molar-refractivity contribution in [1.29, 1.82) is 0 Å². The number of rotatable bonds is 8. The van der Waals surface area contributed by atoms with Gasteiger partial charge in [-0.1, -0.05) is 36.8 Å². The van der Waals surface area contributed by atoms with Crippen LogP contribution in [0.4, 0.5) is 20.2 Å². The number of carbonyl (C=O) groups is 2. The topological polar surface area (TPSA) is 40.6 Å². The number of hydrogen-bond donors (Lipinski definition) is 0. The summed E-state index contributed by atoms with van der Waals surface area (Å²) in [7, 11) is 3.89. The molecule has 2 aliphatic rings. The van der Waals surface area contributed by atoms with Gasteiger partial charge in [0, 0.05) is 37.0 Å². The monoisotopic (exact) mass is 529 g/mol. The van der Waals surface area contributed by atoms with E-state index in [1.807, 2.05) is 43.3 Å². The first kappa shape index (κ1) is 25.5. The number of hydrogen-bond acceptors (Lipinski definition) is 3. The zero-order chi connectivity index (χ0) is 28.6. The third-order valence-electron chi connectivity index (χ3n) is 7.97.